The summed E-state index contributed by atoms with van der Waals surface area (Å²) in [5.41, 5.74) is 6.12. The summed E-state index contributed by atoms with van der Waals surface area (Å²) in [6, 6.07) is 5.91. The van der Waals surface area contributed by atoms with Gasteiger partial charge < -0.3 is 10.5 Å². The van der Waals surface area contributed by atoms with Gasteiger partial charge >= 0.3 is 0 Å². The summed E-state index contributed by atoms with van der Waals surface area (Å²) in [5, 5.41) is 4.36. The van der Waals surface area contributed by atoms with Gasteiger partial charge in [-0.15, -0.1) is 0 Å². The Hall–Kier alpha value is -2.28. The fourth-order valence-electron chi connectivity index (χ4n) is 2.78. The highest BCUT2D eigenvalue weighted by atomic mass is 19.1. The van der Waals surface area contributed by atoms with E-state index in [1.807, 2.05) is 0 Å². The average molecular weight is 332 g/mol. The standard InChI is InChI=1S/C17H21FN4O2/c1-17(2)8-7-13(24-10-17)16-20-15(21-22(16)9-14(19)23)11-3-5-12(18)6-4-11/h3-6,13H,7-10H2,1-2H3,(H2,19,23). The molecule has 0 bridgehead atoms. The first-order valence-corrected chi connectivity index (χ1v) is 7.95. The summed E-state index contributed by atoms with van der Waals surface area (Å²) in [4.78, 5) is 15.9. The maximum absolute atomic E-state index is 13.1. The lowest BCUT2D eigenvalue weighted by Gasteiger charge is -2.33. The lowest BCUT2D eigenvalue weighted by atomic mass is 9.85. The minimum Gasteiger partial charge on any atom is -0.370 e. The van der Waals surface area contributed by atoms with E-state index in [2.05, 4.69) is 23.9 Å². The highest BCUT2D eigenvalue weighted by Gasteiger charge is 2.31. The number of halogens is 1. The van der Waals surface area contributed by atoms with E-state index in [1.165, 1.54) is 16.8 Å². The number of amides is 1. The fraction of sp³-hybridized carbons (Fsp3) is 0.471. The number of nitrogens with zero attached hydrogens (tertiary/aromatic N) is 3. The van der Waals surface area contributed by atoms with E-state index in [0.29, 0.717) is 23.8 Å². The SMILES string of the molecule is CC1(C)CCC(c2nc(-c3ccc(F)cc3)nn2CC(N)=O)OC1. The Kier molecular flexibility index (Phi) is 4.36. The van der Waals surface area contributed by atoms with Crippen molar-refractivity contribution < 1.29 is 13.9 Å². The van der Waals surface area contributed by atoms with Crippen LogP contribution in [0.15, 0.2) is 24.3 Å². The van der Waals surface area contributed by atoms with Crippen LogP contribution in [0.5, 0.6) is 0 Å². The first-order chi connectivity index (χ1) is 11.3. The van der Waals surface area contributed by atoms with Gasteiger partial charge in [-0.25, -0.2) is 14.1 Å². The van der Waals surface area contributed by atoms with Crippen molar-refractivity contribution in [3.05, 3.63) is 35.9 Å². The Balaban J connectivity index is 1.92. The first-order valence-electron chi connectivity index (χ1n) is 7.95. The fourth-order valence-corrected chi connectivity index (χ4v) is 2.78. The Morgan fingerprint density at radius 2 is 2.12 bits per heavy atom. The van der Waals surface area contributed by atoms with Crippen LogP contribution in [0.2, 0.25) is 0 Å². The third-order valence-electron chi connectivity index (χ3n) is 4.15. The summed E-state index contributed by atoms with van der Waals surface area (Å²) >= 11 is 0. The van der Waals surface area contributed by atoms with Crippen molar-refractivity contribution in [1.29, 1.82) is 0 Å². The molecule has 3 rings (SSSR count). The number of carbonyl (C=O) groups excluding carboxylic acids is 1. The highest BCUT2D eigenvalue weighted by molar-refractivity contribution is 5.73. The zero-order valence-corrected chi connectivity index (χ0v) is 13.8. The van der Waals surface area contributed by atoms with Gasteiger partial charge in [0.2, 0.25) is 5.91 Å². The molecule has 7 heteroatoms. The molecule has 0 aliphatic carbocycles. The monoisotopic (exact) mass is 332 g/mol. The van der Waals surface area contributed by atoms with Crippen molar-refractivity contribution in [2.24, 2.45) is 11.1 Å². The number of rotatable bonds is 4. The van der Waals surface area contributed by atoms with Gasteiger partial charge in [-0.1, -0.05) is 13.8 Å². The van der Waals surface area contributed by atoms with E-state index in [1.54, 1.807) is 12.1 Å². The zero-order valence-electron chi connectivity index (χ0n) is 13.8. The van der Waals surface area contributed by atoms with Crippen LogP contribution in [0.1, 0.15) is 38.6 Å². The van der Waals surface area contributed by atoms with Crippen molar-refractivity contribution in [2.75, 3.05) is 6.61 Å². The first kappa shape index (κ1) is 16.6. The second kappa shape index (κ2) is 6.32. The molecule has 128 valence electrons. The summed E-state index contributed by atoms with van der Waals surface area (Å²) in [6.45, 7) is 4.86. The van der Waals surface area contributed by atoms with Gasteiger partial charge in [0.15, 0.2) is 11.6 Å². The van der Waals surface area contributed by atoms with E-state index >= 15 is 0 Å². The summed E-state index contributed by atoms with van der Waals surface area (Å²) in [6.07, 6.45) is 1.57. The number of primary amides is 1. The molecular formula is C17H21FN4O2. The number of aromatic nitrogens is 3. The van der Waals surface area contributed by atoms with E-state index < -0.39 is 5.91 Å². The van der Waals surface area contributed by atoms with Gasteiger partial charge in [0.05, 0.1) is 6.61 Å². The molecule has 1 aliphatic heterocycles. The predicted molar refractivity (Wildman–Crippen MR) is 86.3 cm³/mol. The Bertz CT molecular complexity index is 730. The predicted octanol–water partition coefficient (Wildman–Crippen LogP) is 2.45. The topological polar surface area (TPSA) is 83.0 Å². The molecule has 2 N–H and O–H groups in total. The van der Waals surface area contributed by atoms with Crippen LogP contribution < -0.4 is 5.73 Å². The second-order valence-corrected chi connectivity index (χ2v) is 6.93. The Labute approximate surface area is 139 Å². The number of benzene rings is 1. The van der Waals surface area contributed by atoms with Gasteiger partial charge in [-0.05, 0) is 42.5 Å². The molecule has 1 fully saturated rings. The lowest BCUT2D eigenvalue weighted by Crippen LogP contribution is -2.30. The van der Waals surface area contributed by atoms with Crippen molar-refractivity contribution in [3.63, 3.8) is 0 Å². The van der Waals surface area contributed by atoms with Gasteiger partial charge in [0, 0.05) is 5.56 Å². The molecule has 1 aromatic carbocycles. The average Bonchev–Trinajstić information content (AvgIpc) is 2.91. The van der Waals surface area contributed by atoms with Gasteiger partial charge in [0.1, 0.15) is 18.5 Å². The van der Waals surface area contributed by atoms with E-state index in [9.17, 15) is 9.18 Å². The molecule has 1 atom stereocenters. The third-order valence-corrected chi connectivity index (χ3v) is 4.15. The molecule has 0 saturated carbocycles. The molecule has 24 heavy (non-hydrogen) atoms. The number of ether oxygens (including phenoxy) is 1. The molecule has 1 amide bonds. The quantitative estimate of drug-likeness (QED) is 0.932. The maximum atomic E-state index is 13.1. The normalized spacial score (nSPS) is 20.0. The highest BCUT2D eigenvalue weighted by Crippen LogP contribution is 2.36. The molecule has 2 aromatic rings. The molecule has 2 heterocycles. The van der Waals surface area contributed by atoms with E-state index in [-0.39, 0.29) is 23.9 Å². The van der Waals surface area contributed by atoms with Gasteiger partial charge in [-0.2, -0.15) is 5.10 Å². The van der Waals surface area contributed by atoms with Crippen LogP contribution in [0.4, 0.5) is 4.39 Å². The van der Waals surface area contributed by atoms with E-state index in [4.69, 9.17) is 10.5 Å². The van der Waals surface area contributed by atoms with Crippen LogP contribution in [0.3, 0.4) is 0 Å². The number of carbonyl (C=O) groups is 1. The van der Waals surface area contributed by atoms with Gasteiger partial charge in [-0.3, -0.25) is 4.79 Å². The maximum Gasteiger partial charge on any atom is 0.239 e. The summed E-state index contributed by atoms with van der Waals surface area (Å²) in [5.74, 6) is 0.194. The molecular weight excluding hydrogens is 311 g/mol. The van der Waals surface area contributed by atoms with Crippen LogP contribution in [-0.4, -0.2) is 27.3 Å². The molecule has 1 saturated heterocycles. The van der Waals surface area contributed by atoms with Crippen molar-refractivity contribution in [1.82, 2.24) is 14.8 Å². The Morgan fingerprint density at radius 3 is 2.71 bits per heavy atom. The molecule has 1 aliphatic rings. The van der Waals surface area contributed by atoms with Crippen molar-refractivity contribution >= 4 is 5.91 Å². The molecule has 1 unspecified atom stereocenters. The van der Waals surface area contributed by atoms with E-state index in [0.717, 1.165) is 12.8 Å². The largest absolute Gasteiger partial charge is 0.370 e. The lowest BCUT2D eigenvalue weighted by molar-refractivity contribution is -0.119. The smallest absolute Gasteiger partial charge is 0.239 e. The summed E-state index contributed by atoms with van der Waals surface area (Å²) in [7, 11) is 0. The number of hydrogen-bond donors (Lipinski definition) is 1. The molecule has 0 radical (unpaired) electrons. The van der Waals surface area contributed by atoms with Crippen LogP contribution in [0, 0.1) is 11.2 Å². The van der Waals surface area contributed by atoms with Crippen molar-refractivity contribution in [2.45, 2.75) is 39.3 Å². The summed E-state index contributed by atoms with van der Waals surface area (Å²) < 4.78 is 20.5. The number of nitrogens with two attached hydrogens (primary N) is 1. The number of hydrogen-bond acceptors (Lipinski definition) is 4. The van der Waals surface area contributed by atoms with Gasteiger partial charge in [0.25, 0.3) is 0 Å². The molecule has 1 aromatic heterocycles. The van der Waals surface area contributed by atoms with Crippen LogP contribution >= 0.6 is 0 Å². The minimum absolute atomic E-state index is 0.0627. The second-order valence-electron chi connectivity index (χ2n) is 6.93. The third kappa shape index (κ3) is 3.62. The van der Waals surface area contributed by atoms with Crippen LogP contribution in [0.25, 0.3) is 11.4 Å². The molecule has 0 spiro atoms. The zero-order chi connectivity index (χ0) is 17.3. The minimum atomic E-state index is -0.497. The Morgan fingerprint density at radius 1 is 1.42 bits per heavy atom. The van der Waals surface area contributed by atoms with Crippen LogP contribution in [-0.2, 0) is 16.1 Å². The van der Waals surface area contributed by atoms with Crippen molar-refractivity contribution in [3.8, 4) is 11.4 Å². The molecule has 6 nitrogen and oxygen atoms in total.